The highest BCUT2D eigenvalue weighted by molar-refractivity contribution is 5.29. The fourth-order valence-corrected chi connectivity index (χ4v) is 0.312. The topological polar surface area (TPSA) is 0 Å². The summed E-state index contributed by atoms with van der Waals surface area (Å²) >= 11 is 0. The third kappa shape index (κ3) is 2.47. The third-order valence-corrected chi connectivity index (χ3v) is 1.06. The van der Waals surface area contributed by atoms with Gasteiger partial charge in [-0.25, -0.2) is 0 Å². The molecule has 0 bridgehead atoms. The largest absolute Gasteiger partial charge is 0.102 e. The molecule has 0 aromatic carbocycles. The zero-order chi connectivity index (χ0) is 6.57. The molecule has 0 N–H and O–H groups in total. The van der Waals surface area contributed by atoms with Gasteiger partial charge in [-0.2, -0.15) is 0 Å². The van der Waals surface area contributed by atoms with Crippen molar-refractivity contribution in [1.82, 2.24) is 0 Å². The summed E-state index contributed by atoms with van der Waals surface area (Å²) in [6, 6.07) is 0. The van der Waals surface area contributed by atoms with Gasteiger partial charge < -0.3 is 0 Å². The molecule has 8 heavy (non-hydrogen) atoms. The van der Waals surface area contributed by atoms with Crippen molar-refractivity contribution >= 4 is 0 Å². The van der Waals surface area contributed by atoms with Gasteiger partial charge in [0.1, 0.15) is 0 Å². The first kappa shape index (κ1) is 7.30. The molecule has 44 valence electrons. The summed E-state index contributed by atoms with van der Waals surface area (Å²) in [5.74, 6) is 5.82. The van der Waals surface area contributed by atoms with Crippen LogP contribution >= 0.6 is 0 Å². The Morgan fingerprint density at radius 2 is 1.62 bits per heavy atom. The molecule has 0 aromatic heterocycles. The fraction of sp³-hybridized carbons (Fsp3) is 0.500. The van der Waals surface area contributed by atoms with E-state index in [0.29, 0.717) is 0 Å². The molecule has 0 unspecified atom stereocenters. The smallest absolute Gasteiger partial charge is 0.00234 e. The predicted molar refractivity (Wildman–Crippen MR) is 37.5 cm³/mol. The van der Waals surface area contributed by atoms with E-state index in [-0.39, 0.29) is 0 Å². The summed E-state index contributed by atoms with van der Waals surface area (Å²) in [5, 5.41) is 0. The molecular weight excluding hydrogens is 96.1 g/mol. The van der Waals surface area contributed by atoms with Gasteiger partial charge in [0.2, 0.25) is 0 Å². The van der Waals surface area contributed by atoms with Crippen LogP contribution in [0, 0.1) is 11.8 Å². The number of hydrogen-bond donors (Lipinski definition) is 0. The van der Waals surface area contributed by atoms with E-state index in [9.17, 15) is 0 Å². The summed E-state index contributed by atoms with van der Waals surface area (Å²) in [5.41, 5.74) is 2.49. The quantitative estimate of drug-likeness (QED) is 0.418. The van der Waals surface area contributed by atoms with E-state index in [1.807, 2.05) is 13.8 Å². The summed E-state index contributed by atoms with van der Waals surface area (Å²) < 4.78 is 0. The lowest BCUT2D eigenvalue weighted by Gasteiger charge is -1.88. The molecule has 0 spiro atoms. The Morgan fingerprint density at radius 3 is 1.75 bits per heavy atom. The summed E-state index contributed by atoms with van der Waals surface area (Å²) in [6.45, 7) is 8.03. The Morgan fingerprint density at radius 1 is 1.12 bits per heavy atom. The average molecular weight is 108 g/mol. The highest BCUT2D eigenvalue weighted by atomic mass is 13.9. The molecule has 0 aromatic rings. The van der Waals surface area contributed by atoms with Gasteiger partial charge in [-0.05, 0) is 33.3 Å². The van der Waals surface area contributed by atoms with Gasteiger partial charge in [-0.3, -0.25) is 0 Å². The Hall–Kier alpha value is -0.700. The minimum absolute atomic E-state index is 1.19. The van der Waals surface area contributed by atoms with Crippen molar-refractivity contribution in [2.24, 2.45) is 0 Å². The molecule has 0 radical (unpaired) electrons. The molecule has 0 saturated carbocycles. The van der Waals surface area contributed by atoms with Gasteiger partial charge >= 0.3 is 0 Å². The highest BCUT2D eigenvalue weighted by Crippen LogP contribution is 1.97. The third-order valence-electron chi connectivity index (χ3n) is 1.06. The zero-order valence-electron chi connectivity index (χ0n) is 6.00. The van der Waals surface area contributed by atoms with Gasteiger partial charge in [-0.15, -0.1) is 5.92 Å². The van der Waals surface area contributed by atoms with E-state index in [4.69, 9.17) is 0 Å². The van der Waals surface area contributed by atoms with Crippen LogP contribution in [-0.4, -0.2) is 0 Å². The lowest BCUT2D eigenvalue weighted by atomic mass is 10.2. The Balaban J connectivity index is 4.16. The van der Waals surface area contributed by atoms with Crippen LogP contribution in [0.15, 0.2) is 11.1 Å². The first-order valence-electron chi connectivity index (χ1n) is 2.75. The van der Waals surface area contributed by atoms with Crippen molar-refractivity contribution < 1.29 is 0 Å². The SMILES string of the molecule is CC#CC(C)=C(C)C. The van der Waals surface area contributed by atoms with Crippen molar-refractivity contribution in [3.8, 4) is 11.8 Å². The molecule has 0 aliphatic carbocycles. The van der Waals surface area contributed by atoms with Crippen molar-refractivity contribution in [2.75, 3.05) is 0 Å². The molecule has 0 aliphatic heterocycles. The summed E-state index contributed by atoms with van der Waals surface area (Å²) in [4.78, 5) is 0. The minimum atomic E-state index is 1.19. The zero-order valence-corrected chi connectivity index (χ0v) is 6.00. The molecule has 0 heteroatoms. The van der Waals surface area contributed by atoms with Crippen molar-refractivity contribution in [3.63, 3.8) is 0 Å². The van der Waals surface area contributed by atoms with Crippen LogP contribution in [0.2, 0.25) is 0 Å². The second kappa shape index (κ2) is 3.32. The van der Waals surface area contributed by atoms with E-state index in [1.165, 1.54) is 11.1 Å². The number of hydrogen-bond acceptors (Lipinski definition) is 0. The highest BCUT2D eigenvalue weighted by Gasteiger charge is 1.80. The van der Waals surface area contributed by atoms with Crippen LogP contribution in [0.3, 0.4) is 0 Å². The monoisotopic (exact) mass is 108 g/mol. The predicted octanol–water partition coefficient (Wildman–Crippen LogP) is 2.37. The maximum Gasteiger partial charge on any atom is -0.00234 e. The lowest BCUT2D eigenvalue weighted by Crippen LogP contribution is -1.71. The second-order valence-corrected chi connectivity index (χ2v) is 2.00. The van der Waals surface area contributed by atoms with Gasteiger partial charge in [-0.1, -0.05) is 11.5 Å². The molecule has 0 heterocycles. The van der Waals surface area contributed by atoms with Crippen LogP contribution < -0.4 is 0 Å². The molecule has 0 aliphatic rings. The van der Waals surface area contributed by atoms with Crippen LogP contribution in [0.25, 0.3) is 0 Å². The summed E-state index contributed by atoms with van der Waals surface area (Å²) in [6.07, 6.45) is 0. The number of allylic oxidation sites excluding steroid dienone is 2. The Bertz CT molecular complexity index is 147. The number of rotatable bonds is 0. The maximum absolute atomic E-state index is 2.97. The van der Waals surface area contributed by atoms with Crippen LogP contribution in [0.5, 0.6) is 0 Å². The van der Waals surface area contributed by atoms with E-state index >= 15 is 0 Å². The molecule has 0 amide bonds. The first-order chi connectivity index (χ1) is 3.68. The first-order valence-corrected chi connectivity index (χ1v) is 2.75. The minimum Gasteiger partial charge on any atom is -0.102 e. The van der Waals surface area contributed by atoms with Crippen LogP contribution in [0.4, 0.5) is 0 Å². The van der Waals surface area contributed by atoms with E-state index in [0.717, 1.165) is 0 Å². The standard InChI is InChI=1S/C8H12/c1-5-6-8(4)7(2)3/h1-4H3. The molecule has 0 fully saturated rings. The van der Waals surface area contributed by atoms with Gasteiger partial charge in [0, 0.05) is 0 Å². The normalized spacial score (nSPS) is 7.00. The van der Waals surface area contributed by atoms with E-state index < -0.39 is 0 Å². The summed E-state index contributed by atoms with van der Waals surface area (Å²) in [7, 11) is 0. The maximum atomic E-state index is 2.97. The molecule has 0 nitrogen and oxygen atoms in total. The molecular formula is C8H12. The van der Waals surface area contributed by atoms with E-state index in [1.54, 1.807) is 0 Å². The average Bonchev–Trinajstić information content (AvgIpc) is 1.67. The Kier molecular flexibility index (Phi) is 3.03. The lowest BCUT2D eigenvalue weighted by molar-refractivity contribution is 1.31. The van der Waals surface area contributed by atoms with Crippen LogP contribution in [-0.2, 0) is 0 Å². The molecule has 0 saturated heterocycles. The van der Waals surface area contributed by atoms with Gasteiger partial charge in [0.15, 0.2) is 0 Å². The van der Waals surface area contributed by atoms with Gasteiger partial charge in [0.25, 0.3) is 0 Å². The van der Waals surface area contributed by atoms with Crippen molar-refractivity contribution in [3.05, 3.63) is 11.1 Å². The van der Waals surface area contributed by atoms with Crippen molar-refractivity contribution in [2.45, 2.75) is 27.7 Å². The Labute approximate surface area is 51.6 Å². The van der Waals surface area contributed by atoms with Gasteiger partial charge in [0.05, 0.1) is 0 Å². The van der Waals surface area contributed by atoms with Crippen LogP contribution in [0.1, 0.15) is 27.7 Å². The fourth-order valence-electron chi connectivity index (χ4n) is 0.312. The van der Waals surface area contributed by atoms with Crippen molar-refractivity contribution in [1.29, 1.82) is 0 Å². The van der Waals surface area contributed by atoms with E-state index in [2.05, 4.69) is 25.7 Å². The molecule has 0 atom stereocenters. The second-order valence-electron chi connectivity index (χ2n) is 2.00. The molecule has 0 rings (SSSR count).